The SMILES string of the molecule is CN1CCN(CCC2CCCN2)c2ccccc21. The molecule has 0 amide bonds. The molecule has 1 fully saturated rings. The van der Waals surface area contributed by atoms with Crippen molar-refractivity contribution in [1.29, 1.82) is 0 Å². The van der Waals surface area contributed by atoms with Crippen LogP contribution in [0.25, 0.3) is 0 Å². The highest BCUT2D eigenvalue weighted by Gasteiger charge is 2.21. The quantitative estimate of drug-likeness (QED) is 0.879. The first-order valence-corrected chi connectivity index (χ1v) is 7.13. The van der Waals surface area contributed by atoms with Gasteiger partial charge in [-0.3, -0.25) is 0 Å². The van der Waals surface area contributed by atoms with Crippen molar-refractivity contribution < 1.29 is 0 Å². The summed E-state index contributed by atoms with van der Waals surface area (Å²) in [5.74, 6) is 0. The van der Waals surface area contributed by atoms with Crippen molar-refractivity contribution >= 4 is 11.4 Å². The summed E-state index contributed by atoms with van der Waals surface area (Å²) in [5.41, 5.74) is 2.78. The molecule has 3 rings (SSSR count). The van der Waals surface area contributed by atoms with Crippen LogP contribution >= 0.6 is 0 Å². The van der Waals surface area contributed by atoms with Gasteiger partial charge in [-0.1, -0.05) is 12.1 Å². The van der Waals surface area contributed by atoms with Crippen LogP contribution in [-0.4, -0.2) is 39.3 Å². The second kappa shape index (κ2) is 5.19. The van der Waals surface area contributed by atoms with E-state index in [2.05, 4.69) is 46.4 Å². The third-order valence-corrected chi connectivity index (χ3v) is 4.25. The van der Waals surface area contributed by atoms with Gasteiger partial charge in [0.05, 0.1) is 11.4 Å². The molecule has 2 aliphatic heterocycles. The molecule has 2 aliphatic rings. The van der Waals surface area contributed by atoms with Crippen molar-refractivity contribution in [2.75, 3.05) is 43.0 Å². The molecule has 98 valence electrons. The molecule has 0 spiro atoms. The van der Waals surface area contributed by atoms with Gasteiger partial charge in [0.2, 0.25) is 0 Å². The van der Waals surface area contributed by atoms with E-state index in [1.165, 1.54) is 43.7 Å². The Morgan fingerprint density at radius 1 is 1.22 bits per heavy atom. The maximum Gasteiger partial charge on any atom is 0.0604 e. The number of nitrogens with zero attached hydrogens (tertiary/aromatic N) is 2. The minimum Gasteiger partial charge on any atom is -0.371 e. The Bertz CT molecular complexity index is 398. The van der Waals surface area contributed by atoms with Crippen LogP contribution in [0.15, 0.2) is 24.3 Å². The Balaban J connectivity index is 1.68. The first-order chi connectivity index (χ1) is 8.84. The first-order valence-electron chi connectivity index (χ1n) is 7.13. The Morgan fingerprint density at radius 3 is 2.83 bits per heavy atom. The van der Waals surface area contributed by atoms with E-state index in [0.717, 1.165) is 19.1 Å². The van der Waals surface area contributed by atoms with E-state index in [0.29, 0.717) is 0 Å². The van der Waals surface area contributed by atoms with E-state index in [-0.39, 0.29) is 0 Å². The molecular weight excluding hydrogens is 222 g/mol. The second-order valence-corrected chi connectivity index (χ2v) is 5.48. The summed E-state index contributed by atoms with van der Waals surface area (Å²) in [7, 11) is 2.19. The summed E-state index contributed by atoms with van der Waals surface area (Å²) in [6.07, 6.45) is 3.98. The summed E-state index contributed by atoms with van der Waals surface area (Å²) >= 11 is 0. The van der Waals surface area contributed by atoms with E-state index in [1.54, 1.807) is 0 Å². The minimum absolute atomic E-state index is 0.747. The van der Waals surface area contributed by atoms with Crippen LogP contribution in [0.5, 0.6) is 0 Å². The third kappa shape index (κ3) is 2.32. The Kier molecular flexibility index (Phi) is 3.41. The molecule has 1 atom stereocenters. The normalized spacial score (nSPS) is 23.3. The fourth-order valence-corrected chi connectivity index (χ4v) is 3.11. The molecule has 0 bridgehead atoms. The summed E-state index contributed by atoms with van der Waals surface area (Å²) in [4.78, 5) is 4.91. The summed E-state index contributed by atoms with van der Waals surface area (Å²) in [6.45, 7) is 4.68. The Morgan fingerprint density at radius 2 is 2.06 bits per heavy atom. The largest absolute Gasteiger partial charge is 0.371 e. The fourth-order valence-electron chi connectivity index (χ4n) is 3.11. The number of rotatable bonds is 3. The first kappa shape index (κ1) is 11.8. The van der Waals surface area contributed by atoms with Crippen molar-refractivity contribution in [3.8, 4) is 0 Å². The van der Waals surface area contributed by atoms with Crippen molar-refractivity contribution in [3.05, 3.63) is 24.3 Å². The van der Waals surface area contributed by atoms with Gasteiger partial charge < -0.3 is 15.1 Å². The monoisotopic (exact) mass is 245 g/mol. The number of hydrogen-bond acceptors (Lipinski definition) is 3. The van der Waals surface area contributed by atoms with Crippen molar-refractivity contribution in [2.45, 2.75) is 25.3 Å². The van der Waals surface area contributed by atoms with Gasteiger partial charge in [0.15, 0.2) is 0 Å². The number of hydrogen-bond donors (Lipinski definition) is 1. The molecule has 3 nitrogen and oxygen atoms in total. The molecule has 1 aromatic carbocycles. The molecule has 1 saturated heterocycles. The minimum atomic E-state index is 0.747. The number of anilines is 2. The van der Waals surface area contributed by atoms with Crippen LogP contribution in [0.3, 0.4) is 0 Å². The van der Waals surface area contributed by atoms with Crippen molar-refractivity contribution in [2.24, 2.45) is 0 Å². The lowest BCUT2D eigenvalue weighted by Crippen LogP contribution is -2.41. The third-order valence-electron chi connectivity index (χ3n) is 4.25. The summed E-state index contributed by atoms with van der Waals surface area (Å²) in [5, 5.41) is 3.59. The molecule has 1 N–H and O–H groups in total. The molecule has 0 radical (unpaired) electrons. The van der Waals surface area contributed by atoms with Gasteiger partial charge in [-0.25, -0.2) is 0 Å². The predicted octanol–water partition coefficient (Wildman–Crippen LogP) is 2.08. The zero-order chi connectivity index (χ0) is 12.4. The van der Waals surface area contributed by atoms with Crippen LogP contribution < -0.4 is 15.1 Å². The topological polar surface area (TPSA) is 18.5 Å². The van der Waals surface area contributed by atoms with Crippen LogP contribution in [0.2, 0.25) is 0 Å². The van der Waals surface area contributed by atoms with Gasteiger partial charge in [0.25, 0.3) is 0 Å². The number of nitrogens with one attached hydrogen (secondary N) is 1. The lowest BCUT2D eigenvalue weighted by Gasteiger charge is -2.37. The van der Waals surface area contributed by atoms with Gasteiger partial charge in [0, 0.05) is 32.7 Å². The van der Waals surface area contributed by atoms with Crippen molar-refractivity contribution in [3.63, 3.8) is 0 Å². The number of likely N-dealkylation sites (N-methyl/N-ethyl adjacent to an activating group) is 1. The van der Waals surface area contributed by atoms with Crippen LogP contribution in [0, 0.1) is 0 Å². The standard InChI is InChI=1S/C15H23N3/c1-17-11-12-18(10-8-13-5-4-9-16-13)15-7-3-2-6-14(15)17/h2-3,6-7,13,16H,4-5,8-12H2,1H3. The van der Waals surface area contributed by atoms with E-state index in [1.807, 2.05) is 0 Å². The summed E-state index contributed by atoms with van der Waals surface area (Å²) in [6, 6.07) is 9.52. The van der Waals surface area contributed by atoms with Crippen LogP contribution in [-0.2, 0) is 0 Å². The van der Waals surface area contributed by atoms with Gasteiger partial charge >= 0.3 is 0 Å². The van der Waals surface area contributed by atoms with Gasteiger partial charge in [-0.2, -0.15) is 0 Å². The van der Waals surface area contributed by atoms with Gasteiger partial charge in [-0.05, 0) is 37.9 Å². The van der Waals surface area contributed by atoms with E-state index in [4.69, 9.17) is 0 Å². The molecule has 3 heteroatoms. The number of benzene rings is 1. The highest BCUT2D eigenvalue weighted by atomic mass is 15.2. The average Bonchev–Trinajstić information content (AvgIpc) is 2.92. The molecule has 0 aromatic heterocycles. The average molecular weight is 245 g/mol. The zero-order valence-corrected chi connectivity index (χ0v) is 11.2. The smallest absolute Gasteiger partial charge is 0.0604 e. The molecule has 0 saturated carbocycles. The molecular formula is C15H23N3. The molecule has 18 heavy (non-hydrogen) atoms. The predicted molar refractivity (Wildman–Crippen MR) is 77.6 cm³/mol. The molecule has 0 aliphatic carbocycles. The zero-order valence-electron chi connectivity index (χ0n) is 11.2. The highest BCUT2D eigenvalue weighted by Crippen LogP contribution is 2.31. The van der Waals surface area contributed by atoms with Crippen LogP contribution in [0.1, 0.15) is 19.3 Å². The molecule has 1 unspecified atom stereocenters. The Hall–Kier alpha value is -1.22. The maximum atomic E-state index is 3.59. The maximum absolute atomic E-state index is 3.59. The van der Waals surface area contributed by atoms with Gasteiger partial charge in [-0.15, -0.1) is 0 Å². The van der Waals surface area contributed by atoms with Crippen molar-refractivity contribution in [1.82, 2.24) is 5.32 Å². The lowest BCUT2D eigenvalue weighted by molar-refractivity contribution is 0.547. The molecule has 2 heterocycles. The fraction of sp³-hybridized carbons (Fsp3) is 0.600. The van der Waals surface area contributed by atoms with Gasteiger partial charge in [0.1, 0.15) is 0 Å². The highest BCUT2D eigenvalue weighted by molar-refractivity contribution is 5.73. The van der Waals surface area contributed by atoms with Crippen LogP contribution in [0.4, 0.5) is 11.4 Å². The number of fused-ring (bicyclic) bond motifs is 1. The molecule has 1 aromatic rings. The Labute approximate surface area is 110 Å². The number of para-hydroxylation sites is 2. The second-order valence-electron chi connectivity index (χ2n) is 5.48. The van der Waals surface area contributed by atoms with E-state index >= 15 is 0 Å². The van der Waals surface area contributed by atoms with E-state index < -0.39 is 0 Å². The van der Waals surface area contributed by atoms with E-state index in [9.17, 15) is 0 Å². The summed E-state index contributed by atoms with van der Waals surface area (Å²) < 4.78 is 0. The lowest BCUT2D eigenvalue weighted by atomic mass is 10.1.